The van der Waals surface area contributed by atoms with Crippen molar-refractivity contribution >= 4 is 35.4 Å². The fourth-order valence-electron chi connectivity index (χ4n) is 6.44. The number of nitrogens with zero attached hydrogens (tertiary/aromatic N) is 1. The van der Waals surface area contributed by atoms with Crippen molar-refractivity contribution in [2.24, 2.45) is 0 Å². The number of carbonyl (C=O) groups excluding carboxylic acids is 5. The van der Waals surface area contributed by atoms with E-state index >= 15 is 0 Å². The zero-order valence-corrected chi connectivity index (χ0v) is 39.5. The van der Waals surface area contributed by atoms with Crippen LogP contribution in [0, 0.1) is 0 Å². The van der Waals surface area contributed by atoms with E-state index < -0.39 is 35.8 Å². The van der Waals surface area contributed by atoms with Crippen molar-refractivity contribution in [1.82, 2.24) is 15.5 Å². The Hall–Kier alpha value is -4.69. The van der Waals surface area contributed by atoms with Crippen LogP contribution in [-0.2, 0) is 77.8 Å². The van der Waals surface area contributed by atoms with E-state index in [1.165, 1.54) is 0 Å². The Bertz CT molecular complexity index is 1740. The fraction of sp³-hybridized carbons (Fsp3) is 0.638. The molecule has 2 aliphatic rings. The normalized spacial score (nSPS) is 14.6. The summed E-state index contributed by atoms with van der Waals surface area (Å²) < 4.78 is 71.2. The van der Waals surface area contributed by atoms with E-state index in [0.717, 1.165) is 10.5 Å². The van der Waals surface area contributed by atoms with Crippen molar-refractivity contribution in [2.45, 2.75) is 25.5 Å². The minimum atomic E-state index is -1.02. The van der Waals surface area contributed by atoms with E-state index in [-0.39, 0.29) is 30.6 Å². The molecule has 0 saturated carbocycles. The third-order valence-corrected chi connectivity index (χ3v) is 9.85. The van der Waals surface area contributed by atoms with Crippen LogP contribution < -0.4 is 16.0 Å². The molecule has 2 aromatic rings. The Kier molecular flexibility index (Phi) is 30.7. The van der Waals surface area contributed by atoms with Crippen LogP contribution in [0.4, 0.5) is 10.5 Å². The Labute approximate surface area is 403 Å². The molecule has 69 heavy (non-hydrogen) atoms. The number of nitrogens with one attached hydrogen (secondary N) is 3. The van der Waals surface area contributed by atoms with Crippen LogP contribution in [0.2, 0.25) is 0 Å². The summed E-state index contributed by atoms with van der Waals surface area (Å²) in [6.45, 7) is 11.4. The number of ether oxygens (including phenoxy) is 13. The summed E-state index contributed by atoms with van der Waals surface area (Å²) in [5, 5.41) is 7.97. The molecular formula is C47H70N4O18. The number of carbonyl (C=O) groups is 5. The standard InChI is InChI=1S/C47H70N4O18/c52-42-10-9-41(44(53)50-42)51-45(54)39-7-4-8-40(43(39)46(51)55)48-11-13-57-15-17-59-19-21-61-23-25-63-27-29-65-31-33-67-35-36-68-34-32-66-30-28-64-26-24-62-22-20-60-18-16-58-14-12-49-47(56)69-37-38-5-2-1-3-6-38/h1-8,41,48H,9-37H2,(H,49,56)(H,50,52,53). The largest absolute Gasteiger partial charge is 0.445 e. The third kappa shape index (κ3) is 24.6. The van der Waals surface area contributed by atoms with E-state index in [1.54, 1.807) is 18.2 Å². The van der Waals surface area contributed by atoms with Gasteiger partial charge in [0.25, 0.3) is 11.8 Å². The van der Waals surface area contributed by atoms with Crippen molar-refractivity contribution in [1.29, 1.82) is 0 Å². The minimum absolute atomic E-state index is 0.0604. The lowest BCUT2D eigenvalue weighted by molar-refractivity contribution is -0.136. The predicted octanol–water partition coefficient (Wildman–Crippen LogP) is 1.63. The van der Waals surface area contributed by atoms with Crippen LogP contribution in [0.5, 0.6) is 0 Å². The van der Waals surface area contributed by atoms with Crippen molar-refractivity contribution in [3.8, 4) is 0 Å². The van der Waals surface area contributed by atoms with Gasteiger partial charge in [0, 0.05) is 25.2 Å². The first-order valence-corrected chi connectivity index (χ1v) is 23.4. The van der Waals surface area contributed by atoms with Crippen molar-refractivity contribution in [3.05, 3.63) is 65.2 Å². The molecule has 22 nitrogen and oxygen atoms in total. The minimum Gasteiger partial charge on any atom is -0.445 e. The van der Waals surface area contributed by atoms with Crippen molar-refractivity contribution < 1.29 is 85.6 Å². The Morgan fingerprint density at radius 2 is 0.928 bits per heavy atom. The molecular weight excluding hydrogens is 909 g/mol. The second-order valence-electron chi connectivity index (χ2n) is 14.9. The Morgan fingerprint density at radius 1 is 0.507 bits per heavy atom. The lowest BCUT2D eigenvalue weighted by Crippen LogP contribution is -2.54. The second kappa shape index (κ2) is 37.2. The van der Waals surface area contributed by atoms with Gasteiger partial charge in [0.15, 0.2) is 0 Å². The molecule has 0 aliphatic carbocycles. The highest BCUT2D eigenvalue weighted by Crippen LogP contribution is 2.32. The lowest BCUT2D eigenvalue weighted by atomic mass is 10.0. The van der Waals surface area contributed by atoms with Gasteiger partial charge in [-0.1, -0.05) is 36.4 Å². The zero-order chi connectivity index (χ0) is 48.8. The Morgan fingerprint density at radius 3 is 1.36 bits per heavy atom. The molecule has 386 valence electrons. The molecule has 2 aliphatic heterocycles. The van der Waals surface area contributed by atoms with Gasteiger partial charge in [-0.05, 0) is 24.1 Å². The summed E-state index contributed by atoms with van der Waals surface area (Å²) in [5.74, 6) is -2.19. The van der Waals surface area contributed by atoms with E-state index in [2.05, 4.69) is 16.0 Å². The van der Waals surface area contributed by atoms with Crippen LogP contribution in [0.25, 0.3) is 0 Å². The number of fused-ring (bicyclic) bond motifs is 1. The highest BCUT2D eigenvalue weighted by atomic mass is 16.6. The maximum atomic E-state index is 13.2. The number of piperidine rings is 1. The predicted molar refractivity (Wildman–Crippen MR) is 246 cm³/mol. The summed E-state index contributed by atoms with van der Waals surface area (Å²) in [7, 11) is 0. The van der Waals surface area contributed by atoms with Crippen LogP contribution in [0.1, 0.15) is 39.1 Å². The van der Waals surface area contributed by atoms with Gasteiger partial charge in [0.05, 0.1) is 170 Å². The monoisotopic (exact) mass is 978 g/mol. The summed E-state index contributed by atoms with van der Waals surface area (Å²) in [6.07, 6.45) is -0.321. The smallest absolute Gasteiger partial charge is 0.407 e. The van der Waals surface area contributed by atoms with E-state index in [9.17, 15) is 24.0 Å². The molecule has 1 fully saturated rings. The molecule has 2 heterocycles. The molecule has 1 saturated heterocycles. The zero-order valence-electron chi connectivity index (χ0n) is 39.5. The van der Waals surface area contributed by atoms with Gasteiger partial charge in [0.2, 0.25) is 11.8 Å². The highest BCUT2D eigenvalue weighted by molar-refractivity contribution is 6.25. The number of amides is 5. The van der Waals surface area contributed by atoms with Gasteiger partial charge < -0.3 is 72.2 Å². The van der Waals surface area contributed by atoms with Gasteiger partial charge in [0.1, 0.15) is 12.6 Å². The first-order chi connectivity index (χ1) is 34.0. The Balaban J connectivity index is 0.776. The molecule has 22 heteroatoms. The quantitative estimate of drug-likeness (QED) is 0.0632. The molecule has 5 amide bonds. The van der Waals surface area contributed by atoms with E-state index in [0.29, 0.717) is 177 Å². The summed E-state index contributed by atoms with van der Waals surface area (Å²) >= 11 is 0. The summed E-state index contributed by atoms with van der Waals surface area (Å²) in [6, 6.07) is 13.4. The van der Waals surface area contributed by atoms with Crippen molar-refractivity contribution in [3.63, 3.8) is 0 Å². The van der Waals surface area contributed by atoms with E-state index in [1.807, 2.05) is 30.3 Å². The number of hydrogen-bond acceptors (Lipinski definition) is 19. The van der Waals surface area contributed by atoms with Crippen LogP contribution in [-0.4, -0.2) is 212 Å². The number of rotatable bonds is 43. The first kappa shape index (κ1) is 56.9. The molecule has 1 unspecified atom stereocenters. The summed E-state index contributed by atoms with van der Waals surface area (Å²) in [5.41, 5.74) is 1.82. The number of hydrogen-bond donors (Lipinski definition) is 3. The maximum Gasteiger partial charge on any atom is 0.407 e. The third-order valence-electron chi connectivity index (χ3n) is 9.85. The molecule has 0 radical (unpaired) electrons. The summed E-state index contributed by atoms with van der Waals surface area (Å²) in [4.78, 5) is 62.6. The maximum absolute atomic E-state index is 13.2. The van der Waals surface area contributed by atoms with Gasteiger partial charge in [-0.15, -0.1) is 0 Å². The number of anilines is 1. The molecule has 0 bridgehead atoms. The average molecular weight is 979 g/mol. The van der Waals surface area contributed by atoms with Crippen LogP contribution in [0.3, 0.4) is 0 Å². The molecule has 0 aromatic heterocycles. The first-order valence-electron chi connectivity index (χ1n) is 23.4. The van der Waals surface area contributed by atoms with Gasteiger partial charge in [-0.3, -0.25) is 29.4 Å². The number of benzene rings is 2. The van der Waals surface area contributed by atoms with Crippen LogP contribution in [0.15, 0.2) is 48.5 Å². The van der Waals surface area contributed by atoms with E-state index in [4.69, 9.17) is 61.6 Å². The SMILES string of the molecule is O=C1CCC(N2C(=O)c3cccc(NCCOCCOCCOCCOCCOCCOCCOCCOCCOCCOCCOCCOCCNC(=O)OCc4ccccc4)c3C2=O)C(=O)N1. The molecule has 1 atom stereocenters. The fourth-order valence-corrected chi connectivity index (χ4v) is 6.44. The van der Waals surface area contributed by atoms with Gasteiger partial charge in [-0.2, -0.15) is 0 Å². The molecule has 0 spiro atoms. The van der Waals surface area contributed by atoms with Gasteiger partial charge >= 0.3 is 6.09 Å². The van der Waals surface area contributed by atoms with Gasteiger partial charge in [-0.25, -0.2) is 4.79 Å². The second-order valence-corrected chi connectivity index (χ2v) is 14.9. The average Bonchev–Trinajstić information content (AvgIpc) is 3.61. The van der Waals surface area contributed by atoms with Crippen molar-refractivity contribution in [2.75, 3.05) is 177 Å². The number of alkyl carbamates (subject to hydrolysis) is 1. The molecule has 4 rings (SSSR count). The highest BCUT2D eigenvalue weighted by Gasteiger charge is 2.45. The molecule has 2 aromatic carbocycles. The topological polar surface area (TPSA) is 245 Å². The number of imide groups is 2. The van der Waals surface area contributed by atoms with Crippen LogP contribution >= 0.6 is 0 Å². The lowest BCUT2D eigenvalue weighted by Gasteiger charge is -2.27. The molecule has 3 N–H and O–H groups in total.